The van der Waals surface area contributed by atoms with Crippen molar-refractivity contribution < 1.29 is 4.79 Å². The van der Waals surface area contributed by atoms with Crippen molar-refractivity contribution >= 4 is 18.3 Å². The molecular weight excluding hydrogens is 224 g/mol. The first kappa shape index (κ1) is 15.7. The Balaban J connectivity index is 0.00000225. The standard InChI is InChI=1S/C12H24N2O.ClH/c1-4-12(5-2)6-7-14(9-12)11(15)8-10(3)13;/h10H,4-9,13H2,1-3H3;1H. The van der Waals surface area contributed by atoms with E-state index in [1.165, 1.54) is 12.8 Å². The molecule has 16 heavy (non-hydrogen) atoms. The predicted octanol–water partition coefficient (Wildman–Crippen LogP) is 2.18. The molecule has 0 spiro atoms. The van der Waals surface area contributed by atoms with Crippen LogP contribution >= 0.6 is 12.4 Å². The van der Waals surface area contributed by atoms with Crippen molar-refractivity contribution in [3.05, 3.63) is 0 Å². The Bertz CT molecular complexity index is 227. The van der Waals surface area contributed by atoms with E-state index in [1.807, 2.05) is 11.8 Å². The van der Waals surface area contributed by atoms with Gasteiger partial charge in [0.25, 0.3) is 0 Å². The molecule has 0 aliphatic carbocycles. The number of amides is 1. The van der Waals surface area contributed by atoms with Gasteiger partial charge in [0.2, 0.25) is 5.91 Å². The summed E-state index contributed by atoms with van der Waals surface area (Å²) >= 11 is 0. The maximum absolute atomic E-state index is 11.8. The van der Waals surface area contributed by atoms with Crippen LogP contribution in [0.15, 0.2) is 0 Å². The van der Waals surface area contributed by atoms with E-state index < -0.39 is 0 Å². The molecule has 96 valence electrons. The van der Waals surface area contributed by atoms with Crippen LogP contribution in [0.1, 0.15) is 46.5 Å². The lowest BCUT2D eigenvalue weighted by Crippen LogP contribution is -2.35. The lowest BCUT2D eigenvalue weighted by molar-refractivity contribution is -0.130. The summed E-state index contributed by atoms with van der Waals surface area (Å²) in [6.45, 7) is 8.20. The second-order valence-corrected chi connectivity index (χ2v) is 4.95. The first-order chi connectivity index (χ1) is 7.03. The summed E-state index contributed by atoms with van der Waals surface area (Å²) < 4.78 is 0. The highest BCUT2D eigenvalue weighted by Crippen LogP contribution is 2.37. The molecule has 1 amide bonds. The number of rotatable bonds is 4. The van der Waals surface area contributed by atoms with E-state index in [9.17, 15) is 4.79 Å². The first-order valence-electron chi connectivity index (χ1n) is 6.06. The van der Waals surface area contributed by atoms with Crippen molar-refractivity contribution in [2.75, 3.05) is 13.1 Å². The third-order valence-corrected chi connectivity index (χ3v) is 3.79. The Hall–Kier alpha value is -0.280. The lowest BCUT2D eigenvalue weighted by atomic mass is 9.82. The molecule has 0 saturated carbocycles. The molecule has 2 N–H and O–H groups in total. The zero-order valence-electron chi connectivity index (χ0n) is 10.7. The number of nitrogens with zero attached hydrogens (tertiary/aromatic N) is 1. The van der Waals surface area contributed by atoms with Crippen molar-refractivity contribution in [1.82, 2.24) is 4.90 Å². The molecule has 1 aliphatic heterocycles. The average Bonchev–Trinajstić information content (AvgIpc) is 2.62. The van der Waals surface area contributed by atoms with E-state index >= 15 is 0 Å². The number of hydrogen-bond acceptors (Lipinski definition) is 2. The largest absolute Gasteiger partial charge is 0.342 e. The van der Waals surface area contributed by atoms with Crippen LogP contribution < -0.4 is 5.73 Å². The van der Waals surface area contributed by atoms with Gasteiger partial charge in [-0.2, -0.15) is 0 Å². The quantitative estimate of drug-likeness (QED) is 0.829. The Labute approximate surface area is 105 Å². The van der Waals surface area contributed by atoms with E-state index in [1.54, 1.807) is 0 Å². The van der Waals surface area contributed by atoms with Crippen molar-refractivity contribution in [1.29, 1.82) is 0 Å². The van der Waals surface area contributed by atoms with Crippen LogP contribution in [0.3, 0.4) is 0 Å². The van der Waals surface area contributed by atoms with E-state index in [2.05, 4.69) is 13.8 Å². The molecule has 4 heteroatoms. The Morgan fingerprint density at radius 2 is 2.00 bits per heavy atom. The molecule has 1 saturated heterocycles. The molecule has 1 rings (SSSR count). The van der Waals surface area contributed by atoms with Gasteiger partial charge in [0, 0.05) is 25.6 Å². The molecule has 3 nitrogen and oxygen atoms in total. The van der Waals surface area contributed by atoms with E-state index in [-0.39, 0.29) is 24.4 Å². The molecule has 0 bridgehead atoms. The van der Waals surface area contributed by atoms with E-state index in [0.29, 0.717) is 11.8 Å². The van der Waals surface area contributed by atoms with Gasteiger partial charge in [-0.25, -0.2) is 0 Å². The van der Waals surface area contributed by atoms with Gasteiger partial charge in [0.05, 0.1) is 0 Å². The summed E-state index contributed by atoms with van der Waals surface area (Å²) in [6.07, 6.45) is 3.99. The van der Waals surface area contributed by atoms with Gasteiger partial charge < -0.3 is 10.6 Å². The Kier molecular flexibility index (Phi) is 6.34. The zero-order chi connectivity index (χ0) is 11.5. The summed E-state index contributed by atoms with van der Waals surface area (Å²) in [5, 5.41) is 0. The highest BCUT2D eigenvalue weighted by molar-refractivity contribution is 5.85. The molecule has 1 heterocycles. The van der Waals surface area contributed by atoms with E-state index in [0.717, 1.165) is 19.5 Å². The summed E-state index contributed by atoms with van der Waals surface area (Å²) in [7, 11) is 0. The number of carbonyl (C=O) groups is 1. The molecule has 1 atom stereocenters. The fraction of sp³-hybridized carbons (Fsp3) is 0.917. The monoisotopic (exact) mass is 248 g/mol. The van der Waals surface area contributed by atoms with Gasteiger partial charge in [-0.15, -0.1) is 12.4 Å². The average molecular weight is 249 g/mol. The first-order valence-corrected chi connectivity index (χ1v) is 6.06. The van der Waals surface area contributed by atoms with Crippen LogP contribution in [0.2, 0.25) is 0 Å². The number of carbonyl (C=O) groups excluding carboxylic acids is 1. The van der Waals surface area contributed by atoms with Crippen LogP contribution in [0, 0.1) is 5.41 Å². The molecule has 0 aromatic rings. The van der Waals surface area contributed by atoms with Gasteiger partial charge in [-0.1, -0.05) is 13.8 Å². The molecular formula is C12H25ClN2O. The molecule has 1 unspecified atom stereocenters. The maximum atomic E-state index is 11.8. The fourth-order valence-corrected chi connectivity index (χ4v) is 2.38. The number of nitrogens with two attached hydrogens (primary N) is 1. The summed E-state index contributed by atoms with van der Waals surface area (Å²) in [4.78, 5) is 13.8. The molecule has 0 aromatic heterocycles. The van der Waals surface area contributed by atoms with Crippen LogP contribution in [0.5, 0.6) is 0 Å². The summed E-state index contributed by atoms with van der Waals surface area (Å²) in [5.41, 5.74) is 6.03. The normalized spacial score (nSPS) is 20.4. The number of hydrogen-bond donors (Lipinski definition) is 1. The topological polar surface area (TPSA) is 46.3 Å². The smallest absolute Gasteiger partial charge is 0.224 e. The minimum Gasteiger partial charge on any atom is -0.342 e. The van der Waals surface area contributed by atoms with Gasteiger partial charge in [-0.05, 0) is 31.6 Å². The second-order valence-electron chi connectivity index (χ2n) is 4.95. The molecule has 0 aromatic carbocycles. The summed E-state index contributed by atoms with van der Waals surface area (Å²) in [6, 6.07) is -0.0178. The van der Waals surface area contributed by atoms with Crippen molar-refractivity contribution in [2.45, 2.75) is 52.5 Å². The third-order valence-electron chi connectivity index (χ3n) is 3.79. The van der Waals surface area contributed by atoms with E-state index in [4.69, 9.17) is 5.73 Å². The SMILES string of the molecule is CCC1(CC)CCN(C(=O)CC(C)N)C1.Cl. The van der Waals surface area contributed by atoms with Crippen LogP contribution in [0.4, 0.5) is 0 Å². The van der Waals surface area contributed by atoms with Crippen molar-refractivity contribution in [3.8, 4) is 0 Å². The fourth-order valence-electron chi connectivity index (χ4n) is 2.38. The van der Waals surface area contributed by atoms with Gasteiger partial charge in [0.15, 0.2) is 0 Å². The minimum absolute atomic E-state index is 0. The Morgan fingerprint density at radius 1 is 1.44 bits per heavy atom. The second kappa shape index (κ2) is 6.45. The predicted molar refractivity (Wildman–Crippen MR) is 69.7 cm³/mol. The Morgan fingerprint density at radius 3 is 2.38 bits per heavy atom. The molecule has 1 aliphatic rings. The van der Waals surface area contributed by atoms with Crippen LogP contribution in [0.25, 0.3) is 0 Å². The zero-order valence-corrected chi connectivity index (χ0v) is 11.5. The van der Waals surface area contributed by atoms with Crippen LogP contribution in [-0.2, 0) is 4.79 Å². The summed E-state index contributed by atoms with van der Waals surface area (Å²) in [5.74, 6) is 0.230. The number of likely N-dealkylation sites (tertiary alicyclic amines) is 1. The van der Waals surface area contributed by atoms with Gasteiger partial charge in [0.1, 0.15) is 0 Å². The number of halogens is 1. The van der Waals surface area contributed by atoms with Crippen molar-refractivity contribution in [3.63, 3.8) is 0 Å². The maximum Gasteiger partial charge on any atom is 0.224 e. The van der Waals surface area contributed by atoms with Crippen LogP contribution in [-0.4, -0.2) is 29.9 Å². The highest BCUT2D eigenvalue weighted by atomic mass is 35.5. The van der Waals surface area contributed by atoms with Gasteiger partial charge in [-0.3, -0.25) is 4.79 Å². The molecule has 1 fully saturated rings. The van der Waals surface area contributed by atoms with Crippen molar-refractivity contribution in [2.24, 2.45) is 11.1 Å². The minimum atomic E-state index is -0.0178. The van der Waals surface area contributed by atoms with Gasteiger partial charge >= 0.3 is 0 Å². The third kappa shape index (κ3) is 3.63. The lowest BCUT2D eigenvalue weighted by Gasteiger charge is -2.26. The highest BCUT2D eigenvalue weighted by Gasteiger charge is 2.36. The molecule has 0 radical (unpaired) electrons.